The summed E-state index contributed by atoms with van der Waals surface area (Å²) in [7, 11) is 1.56. The van der Waals surface area contributed by atoms with Crippen LogP contribution in [0, 0.1) is 6.57 Å². The summed E-state index contributed by atoms with van der Waals surface area (Å²) in [5.74, 6) is 1.28. The highest BCUT2D eigenvalue weighted by Gasteiger charge is 2.27. The molecular formula is C24H28N2O5. The summed E-state index contributed by atoms with van der Waals surface area (Å²) in [6.45, 7) is 14.1. The first-order chi connectivity index (χ1) is 14.7. The number of aromatic hydroxyl groups is 1. The SMILES string of the molecule is [C-]#[N+]c1cc(OC2CCN(C(=O)OC(C)(C)C)CC2)cc(-c2cc(O)ccc2OC)c1. The normalized spacial score (nSPS) is 14.6. The number of ether oxygens (including phenoxy) is 3. The van der Waals surface area contributed by atoms with Gasteiger partial charge in [0, 0.05) is 31.5 Å². The van der Waals surface area contributed by atoms with Crippen molar-refractivity contribution in [1.82, 2.24) is 4.90 Å². The summed E-state index contributed by atoms with van der Waals surface area (Å²) in [6, 6.07) is 10.1. The third-order valence-electron chi connectivity index (χ3n) is 4.91. The molecule has 1 saturated heterocycles. The van der Waals surface area contributed by atoms with Gasteiger partial charge in [0.25, 0.3) is 0 Å². The van der Waals surface area contributed by atoms with E-state index in [-0.39, 0.29) is 17.9 Å². The maximum atomic E-state index is 12.2. The van der Waals surface area contributed by atoms with E-state index in [0.717, 1.165) is 5.56 Å². The molecule has 31 heavy (non-hydrogen) atoms. The monoisotopic (exact) mass is 424 g/mol. The Morgan fingerprint density at radius 3 is 2.48 bits per heavy atom. The van der Waals surface area contributed by atoms with E-state index in [9.17, 15) is 9.90 Å². The van der Waals surface area contributed by atoms with Crippen LogP contribution in [0.15, 0.2) is 36.4 Å². The predicted molar refractivity (Wildman–Crippen MR) is 118 cm³/mol. The molecular weight excluding hydrogens is 396 g/mol. The molecule has 0 saturated carbocycles. The Kier molecular flexibility index (Phi) is 6.59. The average Bonchev–Trinajstić information content (AvgIpc) is 2.72. The molecule has 7 heteroatoms. The highest BCUT2D eigenvalue weighted by molar-refractivity contribution is 5.76. The van der Waals surface area contributed by atoms with Crippen molar-refractivity contribution in [3.8, 4) is 28.4 Å². The van der Waals surface area contributed by atoms with Crippen LogP contribution in [0.3, 0.4) is 0 Å². The zero-order valence-electron chi connectivity index (χ0n) is 18.3. The third-order valence-corrected chi connectivity index (χ3v) is 4.91. The van der Waals surface area contributed by atoms with E-state index >= 15 is 0 Å². The molecule has 1 aliphatic heterocycles. The van der Waals surface area contributed by atoms with E-state index in [4.69, 9.17) is 20.8 Å². The van der Waals surface area contributed by atoms with E-state index in [1.807, 2.05) is 26.8 Å². The van der Waals surface area contributed by atoms with Gasteiger partial charge in [0.2, 0.25) is 0 Å². The minimum Gasteiger partial charge on any atom is -0.508 e. The standard InChI is InChI=1S/C24H28N2O5/c1-24(2,3)31-23(28)26-10-8-19(9-11-26)30-20-13-16(12-17(14-20)25-4)21-15-18(27)6-7-22(21)29-5/h6-7,12-15,19,27H,8-11H2,1-3,5H3. The molecule has 2 aromatic rings. The van der Waals surface area contributed by atoms with Crippen LogP contribution in [0.5, 0.6) is 17.2 Å². The number of phenols is 1. The topological polar surface area (TPSA) is 72.6 Å². The van der Waals surface area contributed by atoms with Gasteiger partial charge in [0.05, 0.1) is 13.7 Å². The maximum absolute atomic E-state index is 12.2. The van der Waals surface area contributed by atoms with Crippen molar-refractivity contribution in [3.05, 3.63) is 47.8 Å². The Bertz CT molecular complexity index is 982. The lowest BCUT2D eigenvalue weighted by Crippen LogP contribution is -2.44. The van der Waals surface area contributed by atoms with Gasteiger partial charge in [-0.25, -0.2) is 9.64 Å². The van der Waals surface area contributed by atoms with Crippen LogP contribution < -0.4 is 9.47 Å². The molecule has 0 bridgehead atoms. The molecule has 1 amide bonds. The molecule has 0 unspecified atom stereocenters. The fraction of sp³-hybridized carbons (Fsp3) is 0.417. The lowest BCUT2D eigenvalue weighted by atomic mass is 10.0. The quantitative estimate of drug-likeness (QED) is 0.666. The molecule has 1 N–H and O–H groups in total. The van der Waals surface area contributed by atoms with Crippen molar-refractivity contribution in [2.75, 3.05) is 20.2 Å². The van der Waals surface area contributed by atoms with E-state index in [0.29, 0.717) is 48.7 Å². The molecule has 0 aromatic heterocycles. The van der Waals surface area contributed by atoms with E-state index in [1.165, 1.54) is 0 Å². The molecule has 1 heterocycles. The largest absolute Gasteiger partial charge is 0.508 e. The van der Waals surface area contributed by atoms with Gasteiger partial charge >= 0.3 is 6.09 Å². The van der Waals surface area contributed by atoms with Crippen LogP contribution in [0.25, 0.3) is 16.0 Å². The molecule has 2 aromatic carbocycles. The van der Waals surface area contributed by atoms with Gasteiger partial charge in [-0.15, -0.1) is 0 Å². The minimum atomic E-state index is -0.520. The first-order valence-electron chi connectivity index (χ1n) is 10.2. The number of amides is 1. The third kappa shape index (κ3) is 5.82. The van der Waals surface area contributed by atoms with Crippen molar-refractivity contribution < 1.29 is 24.1 Å². The smallest absolute Gasteiger partial charge is 0.410 e. The number of likely N-dealkylation sites (tertiary alicyclic amines) is 1. The number of piperidine rings is 1. The van der Waals surface area contributed by atoms with Crippen molar-refractivity contribution >= 4 is 11.8 Å². The summed E-state index contributed by atoms with van der Waals surface area (Å²) in [4.78, 5) is 17.5. The number of methoxy groups -OCH3 is 1. The van der Waals surface area contributed by atoms with Crippen LogP contribution in [0.4, 0.5) is 10.5 Å². The lowest BCUT2D eigenvalue weighted by molar-refractivity contribution is 0.0127. The molecule has 0 spiro atoms. The van der Waals surface area contributed by atoms with Gasteiger partial charge in [-0.1, -0.05) is 0 Å². The van der Waals surface area contributed by atoms with Gasteiger partial charge in [-0.2, -0.15) is 0 Å². The van der Waals surface area contributed by atoms with Gasteiger partial charge in [0.15, 0.2) is 5.69 Å². The predicted octanol–water partition coefficient (Wildman–Crippen LogP) is 5.40. The van der Waals surface area contributed by atoms with Gasteiger partial charge in [0.1, 0.15) is 29.0 Å². The van der Waals surface area contributed by atoms with Crippen LogP contribution in [0.1, 0.15) is 33.6 Å². The second-order valence-electron chi connectivity index (χ2n) is 8.50. The number of hydrogen-bond acceptors (Lipinski definition) is 5. The molecule has 7 nitrogen and oxygen atoms in total. The average molecular weight is 424 g/mol. The van der Waals surface area contributed by atoms with Crippen LogP contribution in [-0.2, 0) is 4.74 Å². The number of carbonyl (C=O) groups excluding carboxylic acids is 1. The molecule has 0 radical (unpaired) electrons. The number of benzene rings is 2. The fourth-order valence-electron chi connectivity index (χ4n) is 3.47. The first-order valence-corrected chi connectivity index (χ1v) is 10.2. The van der Waals surface area contributed by atoms with E-state index in [2.05, 4.69) is 4.85 Å². The van der Waals surface area contributed by atoms with E-state index in [1.54, 1.807) is 42.3 Å². The Labute approximate surface area is 183 Å². The molecule has 164 valence electrons. The number of rotatable bonds is 4. The number of carbonyl (C=O) groups is 1. The van der Waals surface area contributed by atoms with Crippen molar-refractivity contribution in [2.24, 2.45) is 0 Å². The molecule has 0 aliphatic carbocycles. The first kappa shape index (κ1) is 22.3. The van der Waals surface area contributed by atoms with Gasteiger partial charge in [-0.05, 0) is 62.7 Å². The van der Waals surface area contributed by atoms with Crippen LogP contribution in [-0.4, -0.2) is 48.0 Å². The highest BCUT2D eigenvalue weighted by atomic mass is 16.6. The zero-order chi connectivity index (χ0) is 22.6. The lowest BCUT2D eigenvalue weighted by Gasteiger charge is -2.33. The summed E-state index contributed by atoms with van der Waals surface area (Å²) < 4.78 is 17.0. The second kappa shape index (κ2) is 9.17. The molecule has 0 atom stereocenters. The molecule has 1 fully saturated rings. The Morgan fingerprint density at radius 2 is 1.87 bits per heavy atom. The summed E-state index contributed by atoms with van der Waals surface area (Å²) in [5, 5.41) is 9.90. The van der Waals surface area contributed by atoms with E-state index < -0.39 is 5.60 Å². The zero-order valence-corrected chi connectivity index (χ0v) is 18.3. The summed E-state index contributed by atoms with van der Waals surface area (Å²) >= 11 is 0. The summed E-state index contributed by atoms with van der Waals surface area (Å²) in [5.41, 5.74) is 1.32. The Hall–Kier alpha value is -3.40. The van der Waals surface area contributed by atoms with Crippen molar-refractivity contribution in [3.63, 3.8) is 0 Å². The van der Waals surface area contributed by atoms with Crippen molar-refractivity contribution in [2.45, 2.75) is 45.3 Å². The fourth-order valence-corrected chi connectivity index (χ4v) is 3.47. The highest BCUT2D eigenvalue weighted by Crippen LogP contribution is 2.37. The minimum absolute atomic E-state index is 0.0707. The second-order valence-corrected chi connectivity index (χ2v) is 8.50. The van der Waals surface area contributed by atoms with Crippen molar-refractivity contribution in [1.29, 1.82) is 0 Å². The maximum Gasteiger partial charge on any atom is 0.410 e. The van der Waals surface area contributed by atoms with Gasteiger partial charge < -0.3 is 24.2 Å². The van der Waals surface area contributed by atoms with Crippen LogP contribution >= 0.6 is 0 Å². The summed E-state index contributed by atoms with van der Waals surface area (Å²) in [6.07, 6.45) is 0.969. The number of nitrogens with zero attached hydrogens (tertiary/aromatic N) is 2. The molecule has 3 rings (SSSR count). The Morgan fingerprint density at radius 1 is 1.16 bits per heavy atom. The number of phenolic OH excluding ortho intramolecular Hbond substituents is 1. The number of hydrogen-bond donors (Lipinski definition) is 1. The van der Waals surface area contributed by atoms with Crippen LogP contribution in [0.2, 0.25) is 0 Å². The molecule has 1 aliphatic rings. The van der Waals surface area contributed by atoms with Gasteiger partial charge in [-0.3, -0.25) is 0 Å². The Balaban J connectivity index is 1.74.